The third kappa shape index (κ3) is 4.70. The van der Waals surface area contributed by atoms with Crippen LogP contribution < -0.4 is 0 Å². The van der Waals surface area contributed by atoms with E-state index in [9.17, 15) is 9.90 Å². The zero-order valence-electron chi connectivity index (χ0n) is 11.6. The molecule has 0 amide bonds. The topological polar surface area (TPSA) is 58.9 Å². The summed E-state index contributed by atoms with van der Waals surface area (Å²) in [6.45, 7) is 4.00. The highest BCUT2D eigenvalue weighted by molar-refractivity contribution is 6.23. The average molecular weight is 296 g/mol. The van der Waals surface area contributed by atoms with E-state index in [0.29, 0.717) is 12.3 Å². The minimum absolute atomic E-state index is 0.0396. The number of esters is 1. The maximum Gasteiger partial charge on any atom is 0.343 e. The first kappa shape index (κ1) is 16.2. The van der Waals surface area contributed by atoms with E-state index in [4.69, 9.17) is 16.3 Å². The molecule has 0 atom stereocenters. The van der Waals surface area contributed by atoms with Gasteiger partial charge in [-0.05, 0) is 19.4 Å². The summed E-state index contributed by atoms with van der Waals surface area (Å²) in [5, 5.41) is 9.75. The second-order valence-electron chi connectivity index (χ2n) is 4.06. The molecule has 0 radical (unpaired) electrons. The van der Waals surface area contributed by atoms with Gasteiger partial charge in [0.25, 0.3) is 0 Å². The third-order valence-electron chi connectivity index (χ3n) is 2.60. The summed E-state index contributed by atoms with van der Waals surface area (Å²) in [7, 11) is 0. The van der Waals surface area contributed by atoms with Gasteiger partial charge in [-0.3, -0.25) is 4.99 Å². The van der Waals surface area contributed by atoms with E-state index in [1.54, 1.807) is 13.8 Å². The van der Waals surface area contributed by atoms with Gasteiger partial charge in [0, 0.05) is 0 Å². The number of rotatable bonds is 6. The first-order valence-electron chi connectivity index (χ1n) is 6.30. The molecule has 0 aliphatic heterocycles. The predicted molar refractivity (Wildman–Crippen MR) is 80.3 cm³/mol. The first-order valence-corrected chi connectivity index (χ1v) is 6.84. The molecule has 5 heteroatoms. The molecule has 0 unspecified atom stereocenters. The zero-order chi connectivity index (χ0) is 15.0. The Morgan fingerprint density at radius 2 is 2.00 bits per heavy atom. The van der Waals surface area contributed by atoms with Crippen LogP contribution in [0.5, 0.6) is 0 Å². The molecular formula is C15H18ClNO3. The molecule has 1 N–H and O–H groups in total. The number of ether oxygens (including phenoxy) is 1. The van der Waals surface area contributed by atoms with Crippen LogP contribution in [0.1, 0.15) is 19.4 Å². The number of alkyl halides is 1. The van der Waals surface area contributed by atoms with Gasteiger partial charge in [-0.25, -0.2) is 4.79 Å². The van der Waals surface area contributed by atoms with Crippen molar-refractivity contribution in [1.82, 2.24) is 0 Å². The Labute approximate surface area is 123 Å². The number of aliphatic hydroxyl groups excluding tert-OH is 1. The number of aliphatic hydroxyl groups is 1. The smallest absolute Gasteiger partial charge is 0.343 e. The van der Waals surface area contributed by atoms with Gasteiger partial charge in [0.15, 0.2) is 0 Å². The minimum atomic E-state index is -0.611. The molecule has 0 saturated carbocycles. The standard InChI is InChI=1S/C15H18ClNO3/c1-3-20-15(19)14(13(18)9-16)11(2)17-10-12-7-5-4-6-8-12/h4-8,18H,3,9-10H2,1-2H3/b14-13+,17-11?. The third-order valence-corrected chi connectivity index (χ3v) is 2.85. The van der Waals surface area contributed by atoms with E-state index in [2.05, 4.69) is 4.99 Å². The van der Waals surface area contributed by atoms with Crippen LogP contribution in [0.4, 0.5) is 0 Å². The van der Waals surface area contributed by atoms with E-state index < -0.39 is 5.97 Å². The number of carbonyl (C=O) groups excluding carboxylic acids is 1. The Morgan fingerprint density at radius 3 is 2.55 bits per heavy atom. The maximum absolute atomic E-state index is 11.8. The van der Waals surface area contributed by atoms with E-state index in [0.717, 1.165) is 5.56 Å². The van der Waals surface area contributed by atoms with Crippen LogP contribution in [-0.4, -0.2) is 29.3 Å². The lowest BCUT2D eigenvalue weighted by atomic mass is 10.1. The van der Waals surface area contributed by atoms with Crippen molar-refractivity contribution in [2.75, 3.05) is 12.5 Å². The molecule has 0 spiro atoms. The molecule has 1 aromatic rings. The maximum atomic E-state index is 11.8. The quantitative estimate of drug-likeness (QED) is 0.288. The lowest BCUT2D eigenvalue weighted by Gasteiger charge is -2.09. The number of carbonyl (C=O) groups is 1. The molecular weight excluding hydrogens is 278 g/mol. The zero-order valence-corrected chi connectivity index (χ0v) is 12.4. The summed E-state index contributed by atoms with van der Waals surface area (Å²) >= 11 is 5.58. The molecule has 4 nitrogen and oxygen atoms in total. The van der Waals surface area contributed by atoms with Crippen LogP contribution in [0.15, 0.2) is 46.7 Å². The van der Waals surface area contributed by atoms with E-state index in [-0.39, 0.29) is 23.8 Å². The molecule has 1 aromatic carbocycles. The van der Waals surface area contributed by atoms with Gasteiger partial charge in [-0.1, -0.05) is 30.3 Å². The van der Waals surface area contributed by atoms with E-state index in [1.165, 1.54) is 0 Å². The van der Waals surface area contributed by atoms with Gasteiger partial charge in [0.05, 0.1) is 24.7 Å². The Hall–Kier alpha value is -1.81. The normalized spacial score (nSPS) is 12.8. The van der Waals surface area contributed by atoms with Crippen LogP contribution in [-0.2, 0) is 16.1 Å². The Bertz CT molecular complexity index is 509. The van der Waals surface area contributed by atoms with Crippen molar-refractivity contribution in [3.63, 3.8) is 0 Å². The monoisotopic (exact) mass is 295 g/mol. The molecule has 0 heterocycles. The predicted octanol–water partition coefficient (Wildman–Crippen LogP) is 3.26. The fourth-order valence-corrected chi connectivity index (χ4v) is 1.75. The van der Waals surface area contributed by atoms with Crippen molar-refractivity contribution < 1.29 is 14.6 Å². The summed E-state index contributed by atoms with van der Waals surface area (Å²) in [4.78, 5) is 16.1. The summed E-state index contributed by atoms with van der Waals surface area (Å²) in [5.74, 6) is -0.994. The summed E-state index contributed by atoms with van der Waals surface area (Å²) < 4.78 is 4.90. The molecule has 0 saturated heterocycles. The number of allylic oxidation sites excluding steroid dienone is 1. The number of aliphatic imine (C=N–C) groups is 1. The van der Waals surface area contributed by atoms with Crippen molar-refractivity contribution in [1.29, 1.82) is 0 Å². The largest absolute Gasteiger partial charge is 0.510 e. The van der Waals surface area contributed by atoms with Crippen LogP contribution in [0.3, 0.4) is 0 Å². The first-order chi connectivity index (χ1) is 9.60. The molecule has 108 valence electrons. The summed E-state index contributed by atoms with van der Waals surface area (Å²) in [6.07, 6.45) is 0. The van der Waals surface area contributed by atoms with E-state index >= 15 is 0 Å². The van der Waals surface area contributed by atoms with Crippen LogP contribution >= 0.6 is 11.6 Å². The molecule has 20 heavy (non-hydrogen) atoms. The number of hydrogen-bond donors (Lipinski definition) is 1. The van der Waals surface area contributed by atoms with Crippen molar-refractivity contribution in [3.8, 4) is 0 Å². The lowest BCUT2D eigenvalue weighted by Crippen LogP contribution is -2.17. The fraction of sp³-hybridized carbons (Fsp3) is 0.333. The number of hydrogen-bond acceptors (Lipinski definition) is 4. The average Bonchev–Trinajstić information content (AvgIpc) is 2.46. The molecule has 1 rings (SSSR count). The number of nitrogens with zero attached hydrogens (tertiary/aromatic N) is 1. The van der Waals surface area contributed by atoms with Crippen LogP contribution in [0.25, 0.3) is 0 Å². The Balaban J connectivity index is 2.94. The van der Waals surface area contributed by atoms with Gasteiger partial charge in [0.1, 0.15) is 11.3 Å². The van der Waals surface area contributed by atoms with Gasteiger partial charge >= 0.3 is 5.97 Å². The number of benzene rings is 1. The number of halogens is 1. The van der Waals surface area contributed by atoms with Gasteiger partial charge in [-0.2, -0.15) is 0 Å². The molecule has 0 aliphatic rings. The van der Waals surface area contributed by atoms with Crippen molar-refractivity contribution in [2.45, 2.75) is 20.4 Å². The molecule has 0 fully saturated rings. The van der Waals surface area contributed by atoms with Gasteiger partial charge in [0.2, 0.25) is 0 Å². The van der Waals surface area contributed by atoms with Crippen molar-refractivity contribution >= 4 is 23.3 Å². The van der Waals surface area contributed by atoms with Crippen molar-refractivity contribution in [3.05, 3.63) is 47.2 Å². The highest BCUT2D eigenvalue weighted by Crippen LogP contribution is 2.11. The molecule has 0 bridgehead atoms. The summed E-state index contributed by atoms with van der Waals surface area (Å²) in [5.41, 5.74) is 1.46. The van der Waals surface area contributed by atoms with Crippen LogP contribution in [0, 0.1) is 0 Å². The summed E-state index contributed by atoms with van der Waals surface area (Å²) in [6, 6.07) is 9.62. The van der Waals surface area contributed by atoms with Crippen LogP contribution in [0.2, 0.25) is 0 Å². The minimum Gasteiger partial charge on any atom is -0.510 e. The second kappa shape index (κ2) is 8.38. The fourth-order valence-electron chi connectivity index (χ4n) is 1.62. The van der Waals surface area contributed by atoms with Gasteiger partial charge < -0.3 is 9.84 Å². The highest BCUT2D eigenvalue weighted by atomic mass is 35.5. The highest BCUT2D eigenvalue weighted by Gasteiger charge is 2.19. The SMILES string of the molecule is CCOC(=O)/C(C(C)=NCc1ccccc1)=C(/O)CCl. The Morgan fingerprint density at radius 1 is 1.35 bits per heavy atom. The molecule has 0 aliphatic carbocycles. The van der Waals surface area contributed by atoms with Gasteiger partial charge in [-0.15, -0.1) is 11.6 Å². The lowest BCUT2D eigenvalue weighted by molar-refractivity contribution is -0.138. The molecule has 0 aromatic heterocycles. The Kier molecular flexibility index (Phi) is 6.81. The van der Waals surface area contributed by atoms with Crippen molar-refractivity contribution in [2.24, 2.45) is 4.99 Å². The van der Waals surface area contributed by atoms with E-state index in [1.807, 2.05) is 30.3 Å². The second-order valence-corrected chi connectivity index (χ2v) is 4.33.